The zero-order valence-corrected chi connectivity index (χ0v) is 20.1. The Kier molecular flexibility index (Phi) is 9.09. The predicted octanol–water partition coefficient (Wildman–Crippen LogP) is 3.82. The van der Waals surface area contributed by atoms with Crippen molar-refractivity contribution in [1.82, 2.24) is 16.2 Å². The van der Waals surface area contributed by atoms with E-state index in [1.165, 1.54) is 7.11 Å². The van der Waals surface area contributed by atoms with Gasteiger partial charge in [-0.25, -0.2) is 0 Å². The first-order valence-corrected chi connectivity index (χ1v) is 11.2. The second-order valence-corrected chi connectivity index (χ2v) is 8.01. The number of hydrogen-bond donors (Lipinski definition) is 3. The first kappa shape index (κ1) is 25.6. The van der Waals surface area contributed by atoms with Crippen LogP contribution in [0.15, 0.2) is 66.7 Å². The highest BCUT2D eigenvalue weighted by atomic mass is 35.5. The number of methoxy groups -OCH3 is 1. The third-order valence-electron chi connectivity index (χ3n) is 5.06. The summed E-state index contributed by atoms with van der Waals surface area (Å²) in [6.07, 6.45) is -0.0123. The summed E-state index contributed by atoms with van der Waals surface area (Å²) in [4.78, 5) is 36.5. The van der Waals surface area contributed by atoms with Crippen molar-refractivity contribution in [2.75, 3.05) is 13.7 Å². The number of hydrogen-bond acceptors (Lipinski definition) is 5. The fraction of sp³-hybridized carbons (Fsp3) is 0.192. The van der Waals surface area contributed by atoms with E-state index in [2.05, 4.69) is 16.2 Å². The summed E-state index contributed by atoms with van der Waals surface area (Å²) >= 11 is 6.02. The summed E-state index contributed by atoms with van der Waals surface area (Å²) in [6, 6.07) is 19.0. The van der Waals surface area contributed by atoms with Gasteiger partial charge in [0.05, 0.1) is 12.7 Å². The molecule has 0 saturated heterocycles. The summed E-state index contributed by atoms with van der Waals surface area (Å²) in [7, 11) is 1.48. The van der Waals surface area contributed by atoms with Gasteiger partial charge in [-0.3, -0.25) is 25.2 Å². The van der Waals surface area contributed by atoms with Gasteiger partial charge in [-0.2, -0.15) is 0 Å². The molecule has 3 aromatic carbocycles. The summed E-state index contributed by atoms with van der Waals surface area (Å²) in [5.74, 6) is -0.108. The van der Waals surface area contributed by atoms with E-state index in [-0.39, 0.29) is 18.9 Å². The van der Waals surface area contributed by atoms with Gasteiger partial charge in [-0.1, -0.05) is 35.9 Å². The lowest BCUT2D eigenvalue weighted by molar-refractivity contribution is -0.121. The molecule has 182 valence electrons. The van der Waals surface area contributed by atoms with Crippen molar-refractivity contribution >= 4 is 29.3 Å². The number of nitrogens with one attached hydrogen (secondary N) is 3. The zero-order chi connectivity index (χ0) is 25.2. The number of carbonyl (C=O) groups is 3. The van der Waals surface area contributed by atoms with Crippen LogP contribution in [0.25, 0.3) is 0 Å². The lowest BCUT2D eigenvalue weighted by atomic mass is 10.1. The molecule has 35 heavy (non-hydrogen) atoms. The van der Waals surface area contributed by atoms with Crippen LogP contribution in [-0.4, -0.2) is 31.4 Å². The molecule has 0 spiro atoms. The molecule has 0 saturated carbocycles. The number of halogens is 1. The molecule has 8 nitrogen and oxygen atoms in total. The molecule has 0 unspecified atom stereocenters. The van der Waals surface area contributed by atoms with Crippen LogP contribution in [0.5, 0.6) is 11.5 Å². The Bertz CT molecular complexity index is 1200. The minimum absolute atomic E-state index is 0.0123. The molecular weight excluding hydrogens is 470 g/mol. The minimum atomic E-state index is -0.461. The Morgan fingerprint density at radius 1 is 0.914 bits per heavy atom. The average Bonchev–Trinajstić information content (AvgIpc) is 2.88. The smallest absolute Gasteiger partial charge is 0.269 e. The number of carbonyl (C=O) groups excluding carboxylic acids is 3. The van der Waals surface area contributed by atoms with Gasteiger partial charge in [-0.05, 0) is 60.5 Å². The fourth-order valence-electron chi connectivity index (χ4n) is 3.10. The maximum atomic E-state index is 12.3. The zero-order valence-electron chi connectivity index (χ0n) is 19.4. The van der Waals surface area contributed by atoms with Crippen LogP contribution in [0.1, 0.15) is 38.3 Å². The van der Waals surface area contributed by atoms with Crippen molar-refractivity contribution in [3.8, 4) is 11.5 Å². The highest BCUT2D eigenvalue weighted by Crippen LogP contribution is 2.22. The molecule has 0 aliphatic rings. The lowest BCUT2D eigenvalue weighted by Gasteiger charge is -2.10. The summed E-state index contributed by atoms with van der Waals surface area (Å²) in [5.41, 5.74) is 7.26. The number of rotatable bonds is 9. The molecule has 3 rings (SSSR count). The highest BCUT2D eigenvalue weighted by molar-refractivity contribution is 6.31. The second-order valence-electron chi connectivity index (χ2n) is 7.61. The van der Waals surface area contributed by atoms with E-state index in [0.29, 0.717) is 34.3 Å². The van der Waals surface area contributed by atoms with Crippen molar-refractivity contribution in [3.05, 3.63) is 94.0 Å². The first-order valence-electron chi connectivity index (χ1n) is 10.9. The Balaban J connectivity index is 1.39. The monoisotopic (exact) mass is 495 g/mol. The summed E-state index contributed by atoms with van der Waals surface area (Å²) in [5, 5.41) is 3.33. The van der Waals surface area contributed by atoms with Gasteiger partial charge in [0.15, 0.2) is 0 Å². The van der Waals surface area contributed by atoms with E-state index in [9.17, 15) is 14.4 Å². The van der Waals surface area contributed by atoms with Crippen molar-refractivity contribution in [1.29, 1.82) is 0 Å². The molecule has 0 bridgehead atoms. The highest BCUT2D eigenvalue weighted by Gasteiger charge is 2.12. The van der Waals surface area contributed by atoms with Crippen molar-refractivity contribution in [3.63, 3.8) is 0 Å². The van der Waals surface area contributed by atoms with Gasteiger partial charge in [0, 0.05) is 23.6 Å². The minimum Gasteiger partial charge on any atom is -0.496 e. The van der Waals surface area contributed by atoms with Gasteiger partial charge in [0.1, 0.15) is 18.1 Å². The van der Waals surface area contributed by atoms with Gasteiger partial charge < -0.3 is 14.8 Å². The van der Waals surface area contributed by atoms with Crippen LogP contribution in [0.4, 0.5) is 0 Å². The molecule has 0 radical (unpaired) electrons. The number of para-hydroxylation sites is 1. The Morgan fingerprint density at radius 2 is 1.66 bits per heavy atom. The van der Waals surface area contributed by atoms with E-state index >= 15 is 0 Å². The molecule has 0 fully saturated rings. The normalized spacial score (nSPS) is 10.3. The molecule has 3 aromatic rings. The molecule has 0 atom stereocenters. The largest absolute Gasteiger partial charge is 0.496 e. The molecule has 0 heterocycles. The van der Waals surface area contributed by atoms with Gasteiger partial charge in [-0.15, -0.1) is 0 Å². The van der Waals surface area contributed by atoms with Crippen molar-refractivity contribution in [2.24, 2.45) is 0 Å². The Labute approximate surface area is 208 Å². The lowest BCUT2D eigenvalue weighted by Crippen LogP contribution is -2.42. The van der Waals surface area contributed by atoms with Crippen LogP contribution in [-0.2, 0) is 11.4 Å². The van der Waals surface area contributed by atoms with Gasteiger partial charge in [0.2, 0.25) is 5.91 Å². The molecule has 0 aliphatic carbocycles. The number of benzene rings is 3. The molecule has 0 aliphatic heterocycles. The number of aryl methyl sites for hydroxylation is 1. The standard InChI is InChI=1S/C26H26ClN3O5/c1-17-15-20(11-12-22(17)27)35-16-18-7-9-19(10-8-18)25(32)30-29-24(31)13-14-28-26(33)21-5-3-4-6-23(21)34-2/h3-12,15H,13-14,16H2,1-2H3,(H,28,33)(H,29,31)(H,30,32). The van der Waals surface area contributed by atoms with Crippen LogP contribution in [0.2, 0.25) is 5.02 Å². The number of ether oxygens (including phenoxy) is 2. The van der Waals surface area contributed by atoms with Gasteiger partial charge >= 0.3 is 0 Å². The van der Waals surface area contributed by atoms with Crippen LogP contribution in [0.3, 0.4) is 0 Å². The van der Waals surface area contributed by atoms with Gasteiger partial charge in [0.25, 0.3) is 11.8 Å². The third kappa shape index (κ3) is 7.48. The van der Waals surface area contributed by atoms with E-state index in [1.54, 1.807) is 60.7 Å². The average molecular weight is 496 g/mol. The Morgan fingerprint density at radius 3 is 2.37 bits per heavy atom. The summed E-state index contributed by atoms with van der Waals surface area (Å²) in [6.45, 7) is 2.33. The SMILES string of the molecule is COc1ccccc1C(=O)NCCC(=O)NNC(=O)c1ccc(COc2ccc(Cl)c(C)c2)cc1. The van der Waals surface area contributed by atoms with Crippen molar-refractivity contribution < 1.29 is 23.9 Å². The van der Waals surface area contributed by atoms with E-state index in [0.717, 1.165) is 11.1 Å². The van der Waals surface area contributed by atoms with E-state index in [1.807, 2.05) is 13.0 Å². The van der Waals surface area contributed by atoms with Crippen molar-refractivity contribution in [2.45, 2.75) is 20.0 Å². The molecular formula is C26H26ClN3O5. The summed E-state index contributed by atoms with van der Waals surface area (Å²) < 4.78 is 10.9. The predicted molar refractivity (Wildman–Crippen MR) is 133 cm³/mol. The molecule has 3 amide bonds. The third-order valence-corrected chi connectivity index (χ3v) is 5.48. The number of hydrazine groups is 1. The maximum Gasteiger partial charge on any atom is 0.269 e. The van der Waals surface area contributed by atoms with Crippen LogP contribution >= 0.6 is 11.6 Å². The molecule has 9 heteroatoms. The quantitative estimate of drug-likeness (QED) is 0.391. The van der Waals surface area contributed by atoms with E-state index in [4.69, 9.17) is 21.1 Å². The van der Waals surface area contributed by atoms with Crippen LogP contribution in [0, 0.1) is 6.92 Å². The molecule has 3 N–H and O–H groups in total. The Hall–Kier alpha value is -4.04. The number of amides is 3. The molecule has 0 aromatic heterocycles. The first-order chi connectivity index (χ1) is 16.9. The maximum absolute atomic E-state index is 12.3. The topological polar surface area (TPSA) is 106 Å². The van der Waals surface area contributed by atoms with E-state index < -0.39 is 11.8 Å². The van der Waals surface area contributed by atoms with Crippen LogP contribution < -0.4 is 25.6 Å². The fourth-order valence-corrected chi connectivity index (χ4v) is 3.22. The second kappa shape index (κ2) is 12.4.